The first kappa shape index (κ1) is 34.3. The van der Waals surface area contributed by atoms with Crippen LogP contribution in [0.1, 0.15) is 0 Å². The van der Waals surface area contributed by atoms with Crippen molar-refractivity contribution >= 4 is 32.6 Å². The number of aromatic nitrogens is 4. The second-order valence-electron chi connectivity index (χ2n) is 14.8. The predicted molar refractivity (Wildman–Crippen MR) is 244 cm³/mol. The molecular formula is C55H36N4. The monoisotopic (exact) mass is 752 g/mol. The van der Waals surface area contributed by atoms with Crippen LogP contribution in [-0.4, -0.2) is 19.5 Å². The zero-order chi connectivity index (χ0) is 39.1. The van der Waals surface area contributed by atoms with Gasteiger partial charge in [0, 0.05) is 33.2 Å². The van der Waals surface area contributed by atoms with Gasteiger partial charge in [0.2, 0.25) is 0 Å². The Morgan fingerprint density at radius 1 is 0.288 bits per heavy atom. The van der Waals surface area contributed by atoms with Gasteiger partial charge in [-0.3, -0.25) is 0 Å². The molecule has 0 saturated carbocycles. The van der Waals surface area contributed by atoms with Crippen LogP contribution in [0.15, 0.2) is 218 Å². The van der Waals surface area contributed by atoms with Crippen LogP contribution in [-0.2, 0) is 0 Å². The lowest BCUT2D eigenvalue weighted by atomic mass is 9.89. The summed E-state index contributed by atoms with van der Waals surface area (Å²) in [5.41, 5.74) is 13.3. The van der Waals surface area contributed by atoms with E-state index in [2.05, 4.69) is 187 Å². The van der Waals surface area contributed by atoms with Gasteiger partial charge in [-0.1, -0.05) is 188 Å². The fourth-order valence-corrected chi connectivity index (χ4v) is 8.42. The molecule has 4 nitrogen and oxygen atoms in total. The Balaban J connectivity index is 1.00. The summed E-state index contributed by atoms with van der Waals surface area (Å²) < 4.78 is 2.37. The molecule has 0 aliphatic heterocycles. The molecule has 59 heavy (non-hydrogen) atoms. The van der Waals surface area contributed by atoms with Crippen molar-refractivity contribution in [2.75, 3.05) is 0 Å². The maximum atomic E-state index is 5.09. The molecule has 11 aromatic rings. The summed E-state index contributed by atoms with van der Waals surface area (Å²) >= 11 is 0. The van der Waals surface area contributed by atoms with Crippen molar-refractivity contribution in [2.24, 2.45) is 0 Å². The highest BCUT2D eigenvalue weighted by atomic mass is 15.0. The fraction of sp³-hybridized carbons (Fsp3) is 0. The molecule has 11 rings (SSSR count). The molecule has 0 fully saturated rings. The van der Waals surface area contributed by atoms with E-state index in [1.807, 2.05) is 36.4 Å². The number of hydrogen-bond acceptors (Lipinski definition) is 3. The molecule has 0 N–H and O–H groups in total. The summed E-state index contributed by atoms with van der Waals surface area (Å²) in [6.45, 7) is 0. The zero-order valence-electron chi connectivity index (χ0n) is 32.1. The van der Waals surface area contributed by atoms with Crippen molar-refractivity contribution in [1.29, 1.82) is 0 Å². The normalized spacial score (nSPS) is 11.4. The highest BCUT2D eigenvalue weighted by Gasteiger charge is 2.17. The molecule has 0 aliphatic carbocycles. The van der Waals surface area contributed by atoms with Crippen LogP contribution >= 0.6 is 0 Å². The first-order chi connectivity index (χ1) is 29.2. The Labute approximate surface area is 342 Å². The molecule has 0 atom stereocenters. The lowest BCUT2D eigenvalue weighted by Gasteiger charge is -2.16. The molecule has 0 spiro atoms. The van der Waals surface area contributed by atoms with Crippen LogP contribution in [0.3, 0.4) is 0 Å². The van der Waals surface area contributed by atoms with Gasteiger partial charge in [-0.05, 0) is 74.5 Å². The first-order valence-electron chi connectivity index (χ1n) is 19.9. The van der Waals surface area contributed by atoms with Crippen molar-refractivity contribution in [2.45, 2.75) is 0 Å². The minimum absolute atomic E-state index is 0.629. The number of hydrogen-bond donors (Lipinski definition) is 0. The van der Waals surface area contributed by atoms with Gasteiger partial charge in [-0.25, -0.2) is 15.0 Å². The Kier molecular flexibility index (Phi) is 8.45. The molecule has 276 valence electrons. The first-order valence-corrected chi connectivity index (χ1v) is 19.9. The van der Waals surface area contributed by atoms with E-state index in [0.717, 1.165) is 44.6 Å². The van der Waals surface area contributed by atoms with Gasteiger partial charge in [0.25, 0.3) is 0 Å². The largest absolute Gasteiger partial charge is 0.309 e. The summed E-state index contributed by atoms with van der Waals surface area (Å²) in [4.78, 5) is 15.1. The number of rotatable bonds is 7. The fourth-order valence-electron chi connectivity index (χ4n) is 8.42. The SMILES string of the molecule is c1ccc(-c2cccc(-c3nc(-c4ccccc4)nc(-c4ccc(-c5c(-c6ccc(-n7c8ccccc8c8ccccc87)cc6)ccc6ccccc56)cc4)n3)c2)cc1. The summed E-state index contributed by atoms with van der Waals surface area (Å²) in [7, 11) is 0. The molecule has 4 heteroatoms. The summed E-state index contributed by atoms with van der Waals surface area (Å²) in [5.74, 6) is 1.90. The lowest BCUT2D eigenvalue weighted by molar-refractivity contribution is 1.07. The van der Waals surface area contributed by atoms with E-state index >= 15 is 0 Å². The Hall–Kier alpha value is -7.95. The Morgan fingerprint density at radius 2 is 0.763 bits per heavy atom. The molecule has 0 amide bonds. The molecule has 2 heterocycles. The predicted octanol–water partition coefficient (Wildman–Crippen LogP) is 14.1. The van der Waals surface area contributed by atoms with Gasteiger partial charge in [0.05, 0.1) is 11.0 Å². The van der Waals surface area contributed by atoms with Crippen molar-refractivity contribution in [1.82, 2.24) is 19.5 Å². The van der Waals surface area contributed by atoms with Gasteiger partial charge in [0.15, 0.2) is 17.5 Å². The van der Waals surface area contributed by atoms with Gasteiger partial charge in [-0.15, -0.1) is 0 Å². The average Bonchev–Trinajstić information content (AvgIpc) is 3.66. The number of fused-ring (bicyclic) bond motifs is 4. The Bertz CT molecular complexity index is 3240. The molecule has 0 saturated heterocycles. The molecule has 0 radical (unpaired) electrons. The van der Waals surface area contributed by atoms with E-state index in [1.165, 1.54) is 43.7 Å². The van der Waals surface area contributed by atoms with E-state index in [0.29, 0.717) is 17.5 Å². The van der Waals surface area contributed by atoms with Crippen molar-refractivity contribution < 1.29 is 0 Å². The second-order valence-corrected chi connectivity index (χ2v) is 14.8. The quantitative estimate of drug-likeness (QED) is 0.163. The summed E-state index contributed by atoms with van der Waals surface area (Å²) in [5, 5.41) is 4.92. The number of benzene rings is 9. The maximum Gasteiger partial charge on any atom is 0.164 e. The lowest BCUT2D eigenvalue weighted by Crippen LogP contribution is -2.00. The van der Waals surface area contributed by atoms with Crippen LogP contribution in [0, 0.1) is 0 Å². The minimum atomic E-state index is 0.629. The van der Waals surface area contributed by atoms with E-state index in [-0.39, 0.29) is 0 Å². The molecular weight excluding hydrogens is 717 g/mol. The van der Waals surface area contributed by atoms with Crippen LogP contribution in [0.5, 0.6) is 0 Å². The average molecular weight is 753 g/mol. The highest BCUT2D eigenvalue weighted by Crippen LogP contribution is 2.40. The van der Waals surface area contributed by atoms with Gasteiger partial charge in [-0.2, -0.15) is 0 Å². The molecule has 0 aliphatic rings. The standard InChI is InChI=1S/C55H36N4/c1-3-14-37(15-4-1)43-19-13-20-44(36-43)55-57-53(41-17-5-2-6-18-41)56-54(58-55)42-28-26-40(27-29-42)52-46-21-8-7-16-38(46)32-35-47(52)39-30-33-45(34-31-39)59-50-24-11-9-22-48(50)49-23-10-12-25-51(49)59/h1-36H. The molecule has 2 aromatic heterocycles. The molecule has 0 bridgehead atoms. The minimum Gasteiger partial charge on any atom is -0.309 e. The highest BCUT2D eigenvalue weighted by molar-refractivity contribution is 6.09. The third-order valence-electron chi connectivity index (χ3n) is 11.3. The van der Waals surface area contributed by atoms with Crippen molar-refractivity contribution in [3.63, 3.8) is 0 Å². The third-order valence-corrected chi connectivity index (χ3v) is 11.3. The van der Waals surface area contributed by atoms with Gasteiger partial charge < -0.3 is 4.57 Å². The Morgan fingerprint density at radius 3 is 1.42 bits per heavy atom. The van der Waals surface area contributed by atoms with Crippen LogP contribution in [0.25, 0.3) is 106 Å². The topological polar surface area (TPSA) is 43.6 Å². The smallest absolute Gasteiger partial charge is 0.164 e. The van der Waals surface area contributed by atoms with Crippen molar-refractivity contribution in [3.8, 4) is 73.2 Å². The van der Waals surface area contributed by atoms with E-state index in [9.17, 15) is 0 Å². The van der Waals surface area contributed by atoms with Gasteiger partial charge in [0.1, 0.15) is 0 Å². The van der Waals surface area contributed by atoms with Gasteiger partial charge >= 0.3 is 0 Å². The van der Waals surface area contributed by atoms with Crippen LogP contribution in [0.4, 0.5) is 0 Å². The van der Waals surface area contributed by atoms with E-state index in [1.54, 1.807) is 0 Å². The number of para-hydroxylation sites is 2. The summed E-state index contributed by atoms with van der Waals surface area (Å²) in [6, 6.07) is 77.1. The van der Waals surface area contributed by atoms with Crippen LogP contribution in [0.2, 0.25) is 0 Å². The van der Waals surface area contributed by atoms with Crippen LogP contribution < -0.4 is 0 Å². The van der Waals surface area contributed by atoms with Crippen molar-refractivity contribution in [3.05, 3.63) is 218 Å². The summed E-state index contributed by atoms with van der Waals surface area (Å²) in [6.07, 6.45) is 0. The van der Waals surface area contributed by atoms with E-state index < -0.39 is 0 Å². The molecule has 0 unspecified atom stereocenters. The zero-order valence-corrected chi connectivity index (χ0v) is 32.1. The maximum absolute atomic E-state index is 5.09. The number of nitrogens with zero attached hydrogens (tertiary/aromatic N) is 4. The second kappa shape index (κ2) is 14.5. The third kappa shape index (κ3) is 6.24. The molecule has 9 aromatic carbocycles. The van der Waals surface area contributed by atoms with E-state index in [4.69, 9.17) is 15.0 Å².